The highest BCUT2D eigenvalue weighted by Crippen LogP contribution is 2.13. The summed E-state index contributed by atoms with van der Waals surface area (Å²) in [5.41, 5.74) is 0. The largest absolute Gasteiger partial charge is 0.463 e. The smallest absolute Gasteiger partial charge is 0.330 e. The van der Waals surface area contributed by atoms with Gasteiger partial charge in [-0.3, -0.25) is 0 Å². The van der Waals surface area contributed by atoms with E-state index in [9.17, 15) is 4.79 Å². The molecule has 28 heavy (non-hydrogen) atoms. The Morgan fingerprint density at radius 1 is 0.571 bits per heavy atom. The first-order chi connectivity index (χ1) is 13.8. The average Bonchev–Trinajstić information content (AvgIpc) is 2.70. The maximum absolute atomic E-state index is 11.6. The normalized spacial score (nSPS) is 11.4. The van der Waals surface area contributed by atoms with Crippen molar-refractivity contribution >= 4 is 5.97 Å². The number of allylic oxidation sites excluding steroid dienone is 1. The molecule has 0 fully saturated rings. The van der Waals surface area contributed by atoms with Gasteiger partial charge >= 0.3 is 5.97 Å². The van der Waals surface area contributed by atoms with Crippen LogP contribution in [0.3, 0.4) is 0 Å². The van der Waals surface area contributed by atoms with E-state index in [2.05, 4.69) is 13.8 Å². The third-order valence-corrected chi connectivity index (χ3v) is 5.47. The lowest BCUT2D eigenvalue weighted by atomic mass is 10.0. The van der Waals surface area contributed by atoms with E-state index in [-0.39, 0.29) is 5.97 Å². The van der Waals surface area contributed by atoms with Gasteiger partial charge in [0.25, 0.3) is 0 Å². The number of hydrogen-bond donors (Lipinski definition) is 0. The molecular formula is C26H50O2. The lowest BCUT2D eigenvalue weighted by Gasteiger charge is -2.03. The quantitative estimate of drug-likeness (QED) is 0.104. The highest BCUT2D eigenvalue weighted by atomic mass is 16.5. The number of carbonyl (C=O) groups excluding carboxylic acids is 1. The van der Waals surface area contributed by atoms with Gasteiger partial charge in [-0.05, 0) is 19.3 Å². The fourth-order valence-electron chi connectivity index (χ4n) is 3.56. The summed E-state index contributed by atoms with van der Waals surface area (Å²) in [7, 11) is 0. The summed E-state index contributed by atoms with van der Waals surface area (Å²) < 4.78 is 5.24. The van der Waals surface area contributed by atoms with E-state index in [1.54, 1.807) is 6.08 Å². The van der Waals surface area contributed by atoms with Gasteiger partial charge in [0.15, 0.2) is 0 Å². The molecule has 2 nitrogen and oxygen atoms in total. The van der Waals surface area contributed by atoms with Crippen molar-refractivity contribution in [3.05, 3.63) is 12.2 Å². The van der Waals surface area contributed by atoms with Crippen LogP contribution in [0.2, 0.25) is 0 Å². The van der Waals surface area contributed by atoms with Gasteiger partial charge in [-0.2, -0.15) is 0 Å². The van der Waals surface area contributed by atoms with Crippen molar-refractivity contribution in [3.63, 3.8) is 0 Å². The molecule has 166 valence electrons. The molecule has 0 aromatic heterocycles. The van der Waals surface area contributed by atoms with Crippen LogP contribution in [-0.4, -0.2) is 12.6 Å². The predicted molar refractivity (Wildman–Crippen MR) is 124 cm³/mol. The molecule has 0 aromatic rings. The molecule has 0 heterocycles. The third-order valence-electron chi connectivity index (χ3n) is 5.47. The number of rotatable bonds is 22. The molecule has 0 spiro atoms. The number of unbranched alkanes of at least 4 members (excludes halogenated alkanes) is 18. The summed E-state index contributed by atoms with van der Waals surface area (Å²) in [5, 5.41) is 0. The van der Waals surface area contributed by atoms with Crippen LogP contribution in [0.1, 0.15) is 142 Å². The molecule has 0 rings (SSSR count). The molecule has 0 unspecified atom stereocenters. The molecule has 0 bridgehead atoms. The molecule has 0 N–H and O–H groups in total. The van der Waals surface area contributed by atoms with Crippen LogP contribution < -0.4 is 0 Å². The van der Waals surface area contributed by atoms with Crippen molar-refractivity contribution in [1.29, 1.82) is 0 Å². The molecule has 0 amide bonds. The highest BCUT2D eigenvalue weighted by molar-refractivity contribution is 5.81. The zero-order valence-corrected chi connectivity index (χ0v) is 19.3. The topological polar surface area (TPSA) is 26.3 Å². The SMILES string of the molecule is CCCCCCCCCCCCCCCC=CC(=O)OCCCCCCCC. The molecule has 0 aliphatic rings. The summed E-state index contributed by atoms with van der Waals surface area (Å²) in [5.74, 6) is -0.164. The van der Waals surface area contributed by atoms with Crippen molar-refractivity contribution < 1.29 is 9.53 Å². The Hall–Kier alpha value is -0.790. The zero-order chi connectivity index (χ0) is 20.5. The Bertz CT molecular complexity index is 335. The number of carbonyl (C=O) groups is 1. The van der Waals surface area contributed by atoms with Gasteiger partial charge in [-0.25, -0.2) is 4.79 Å². The van der Waals surface area contributed by atoms with E-state index in [1.807, 2.05) is 6.08 Å². The van der Waals surface area contributed by atoms with Gasteiger partial charge in [-0.15, -0.1) is 0 Å². The van der Waals surface area contributed by atoms with Gasteiger partial charge in [-0.1, -0.05) is 129 Å². The van der Waals surface area contributed by atoms with E-state index in [1.165, 1.54) is 116 Å². The second-order valence-corrected chi connectivity index (χ2v) is 8.37. The second-order valence-electron chi connectivity index (χ2n) is 8.37. The van der Waals surface area contributed by atoms with E-state index in [0.29, 0.717) is 6.61 Å². The van der Waals surface area contributed by atoms with Crippen LogP contribution in [0.25, 0.3) is 0 Å². The molecule has 2 heteroatoms. The van der Waals surface area contributed by atoms with E-state index < -0.39 is 0 Å². The minimum atomic E-state index is -0.164. The standard InChI is InChI=1S/C26H50O2/c1-3-5-7-9-11-12-13-14-15-16-17-18-19-20-22-24-26(27)28-25-23-21-10-8-6-4-2/h22,24H,3-21,23,25H2,1-2H3. The van der Waals surface area contributed by atoms with E-state index in [4.69, 9.17) is 4.74 Å². The van der Waals surface area contributed by atoms with E-state index >= 15 is 0 Å². The van der Waals surface area contributed by atoms with Crippen LogP contribution >= 0.6 is 0 Å². The van der Waals surface area contributed by atoms with Crippen LogP contribution in [0.5, 0.6) is 0 Å². The molecule has 0 saturated carbocycles. The maximum atomic E-state index is 11.6. The summed E-state index contributed by atoms with van der Waals surface area (Å²) in [6, 6.07) is 0. The van der Waals surface area contributed by atoms with E-state index in [0.717, 1.165) is 12.8 Å². The van der Waals surface area contributed by atoms with Gasteiger partial charge < -0.3 is 4.74 Å². The van der Waals surface area contributed by atoms with Crippen LogP contribution in [0.15, 0.2) is 12.2 Å². The average molecular weight is 395 g/mol. The van der Waals surface area contributed by atoms with Gasteiger partial charge in [0.2, 0.25) is 0 Å². The van der Waals surface area contributed by atoms with Gasteiger partial charge in [0.1, 0.15) is 0 Å². The Labute approximate surface area is 176 Å². The second kappa shape index (κ2) is 24.2. The Morgan fingerprint density at radius 2 is 0.964 bits per heavy atom. The first-order valence-electron chi connectivity index (χ1n) is 12.6. The first-order valence-corrected chi connectivity index (χ1v) is 12.6. The molecule has 0 atom stereocenters. The van der Waals surface area contributed by atoms with Gasteiger partial charge in [0, 0.05) is 6.08 Å². The predicted octanol–water partition coefficient (Wildman–Crippen LogP) is 8.93. The molecule has 0 aliphatic heterocycles. The molecule has 0 radical (unpaired) electrons. The molecule has 0 aliphatic carbocycles. The molecular weight excluding hydrogens is 344 g/mol. The van der Waals surface area contributed by atoms with Crippen LogP contribution in [-0.2, 0) is 9.53 Å². The van der Waals surface area contributed by atoms with Crippen LogP contribution in [0.4, 0.5) is 0 Å². The maximum Gasteiger partial charge on any atom is 0.330 e. The summed E-state index contributed by atoms with van der Waals surface area (Å²) >= 11 is 0. The zero-order valence-electron chi connectivity index (χ0n) is 19.3. The first kappa shape index (κ1) is 27.2. The highest BCUT2D eigenvalue weighted by Gasteiger charge is 1.97. The Balaban J connectivity index is 3.21. The van der Waals surface area contributed by atoms with Crippen molar-refractivity contribution in [2.24, 2.45) is 0 Å². The third kappa shape index (κ3) is 23.2. The summed E-state index contributed by atoms with van der Waals surface area (Å²) in [6.07, 6.45) is 29.9. The lowest BCUT2D eigenvalue weighted by Crippen LogP contribution is -2.02. The van der Waals surface area contributed by atoms with Crippen molar-refractivity contribution in [2.45, 2.75) is 142 Å². The monoisotopic (exact) mass is 394 g/mol. The Morgan fingerprint density at radius 3 is 1.43 bits per heavy atom. The Kier molecular flexibility index (Phi) is 23.6. The van der Waals surface area contributed by atoms with Crippen molar-refractivity contribution in [2.75, 3.05) is 6.61 Å². The minimum Gasteiger partial charge on any atom is -0.463 e. The fraction of sp³-hybridized carbons (Fsp3) is 0.885. The van der Waals surface area contributed by atoms with Crippen LogP contribution in [0, 0.1) is 0 Å². The number of hydrogen-bond acceptors (Lipinski definition) is 2. The summed E-state index contributed by atoms with van der Waals surface area (Å²) in [6.45, 7) is 5.09. The number of ether oxygens (including phenoxy) is 1. The fourth-order valence-corrected chi connectivity index (χ4v) is 3.56. The molecule has 0 saturated heterocycles. The number of esters is 1. The molecule has 0 aromatic carbocycles. The van der Waals surface area contributed by atoms with Crippen molar-refractivity contribution in [3.8, 4) is 0 Å². The minimum absolute atomic E-state index is 0.164. The lowest BCUT2D eigenvalue weighted by molar-refractivity contribution is -0.137. The van der Waals surface area contributed by atoms with Crippen molar-refractivity contribution in [1.82, 2.24) is 0 Å². The summed E-state index contributed by atoms with van der Waals surface area (Å²) in [4.78, 5) is 11.6. The van der Waals surface area contributed by atoms with Gasteiger partial charge in [0.05, 0.1) is 6.61 Å².